The van der Waals surface area contributed by atoms with Crippen molar-refractivity contribution >= 4 is 0 Å². The van der Waals surface area contributed by atoms with E-state index in [9.17, 15) is 0 Å². The molecule has 0 radical (unpaired) electrons. The lowest BCUT2D eigenvalue weighted by atomic mass is 10.0. The van der Waals surface area contributed by atoms with E-state index in [0.29, 0.717) is 12.0 Å². The SMILES string of the molecule is COCCN1CCC(C)C1CO. The summed E-state index contributed by atoms with van der Waals surface area (Å²) in [6.45, 7) is 5.31. The van der Waals surface area contributed by atoms with E-state index in [1.54, 1.807) is 7.11 Å². The van der Waals surface area contributed by atoms with Gasteiger partial charge in [0.15, 0.2) is 0 Å². The molecule has 3 nitrogen and oxygen atoms in total. The zero-order chi connectivity index (χ0) is 8.97. The third-order valence-electron chi connectivity index (χ3n) is 2.77. The second kappa shape index (κ2) is 4.80. The molecule has 1 N–H and O–H groups in total. The molecule has 12 heavy (non-hydrogen) atoms. The smallest absolute Gasteiger partial charge is 0.0589 e. The molecule has 0 aromatic heterocycles. The van der Waals surface area contributed by atoms with Crippen LogP contribution in [0, 0.1) is 5.92 Å². The highest BCUT2D eigenvalue weighted by atomic mass is 16.5. The molecule has 1 aliphatic heterocycles. The number of aliphatic hydroxyl groups excluding tert-OH is 1. The van der Waals surface area contributed by atoms with Crippen LogP contribution in [-0.2, 0) is 4.74 Å². The highest BCUT2D eigenvalue weighted by molar-refractivity contribution is 4.83. The van der Waals surface area contributed by atoms with Crippen LogP contribution in [0.1, 0.15) is 13.3 Å². The number of hydrogen-bond donors (Lipinski definition) is 1. The Bertz CT molecular complexity index is 130. The summed E-state index contributed by atoms with van der Waals surface area (Å²) in [4.78, 5) is 2.31. The molecule has 2 atom stereocenters. The molecule has 0 amide bonds. The number of rotatable bonds is 4. The number of methoxy groups -OCH3 is 1. The topological polar surface area (TPSA) is 32.7 Å². The summed E-state index contributed by atoms with van der Waals surface area (Å²) in [5.74, 6) is 0.631. The van der Waals surface area contributed by atoms with E-state index in [4.69, 9.17) is 9.84 Å². The number of ether oxygens (including phenoxy) is 1. The Kier molecular flexibility index (Phi) is 3.98. The molecule has 1 heterocycles. The summed E-state index contributed by atoms with van der Waals surface area (Å²) < 4.78 is 5.01. The van der Waals surface area contributed by atoms with Gasteiger partial charge in [0.05, 0.1) is 13.2 Å². The van der Waals surface area contributed by atoms with Crippen LogP contribution in [0.2, 0.25) is 0 Å². The molecule has 1 fully saturated rings. The lowest BCUT2D eigenvalue weighted by Gasteiger charge is -2.24. The molecule has 0 spiro atoms. The summed E-state index contributed by atoms with van der Waals surface area (Å²) in [7, 11) is 1.72. The molecule has 3 heteroatoms. The van der Waals surface area contributed by atoms with Crippen LogP contribution in [-0.4, -0.2) is 49.5 Å². The van der Waals surface area contributed by atoms with E-state index in [1.807, 2.05) is 0 Å². The second-order valence-corrected chi connectivity index (χ2v) is 3.54. The van der Waals surface area contributed by atoms with Crippen LogP contribution in [0.4, 0.5) is 0 Å². The van der Waals surface area contributed by atoms with E-state index in [1.165, 1.54) is 6.42 Å². The summed E-state index contributed by atoms with van der Waals surface area (Å²) in [5.41, 5.74) is 0. The average Bonchev–Trinajstić information content (AvgIpc) is 2.43. The fraction of sp³-hybridized carbons (Fsp3) is 1.00. The van der Waals surface area contributed by atoms with Crippen LogP contribution in [0.15, 0.2) is 0 Å². The Hall–Kier alpha value is -0.120. The van der Waals surface area contributed by atoms with E-state index in [2.05, 4.69) is 11.8 Å². The van der Waals surface area contributed by atoms with Gasteiger partial charge >= 0.3 is 0 Å². The molecule has 0 aromatic carbocycles. The zero-order valence-corrected chi connectivity index (χ0v) is 7.99. The number of hydrogen-bond acceptors (Lipinski definition) is 3. The van der Waals surface area contributed by atoms with Crippen molar-refractivity contribution < 1.29 is 9.84 Å². The molecule has 2 unspecified atom stereocenters. The van der Waals surface area contributed by atoms with E-state index >= 15 is 0 Å². The van der Waals surface area contributed by atoms with Crippen LogP contribution >= 0.6 is 0 Å². The lowest BCUT2D eigenvalue weighted by Crippen LogP contribution is -2.37. The molecule has 1 rings (SSSR count). The summed E-state index contributed by atoms with van der Waals surface area (Å²) in [5, 5.41) is 9.12. The summed E-state index contributed by atoms with van der Waals surface area (Å²) in [6.07, 6.45) is 1.20. The third kappa shape index (κ3) is 2.19. The molecular weight excluding hydrogens is 154 g/mol. The van der Waals surface area contributed by atoms with Crippen LogP contribution in [0.3, 0.4) is 0 Å². The molecular formula is C9H19NO2. The molecule has 0 aromatic rings. The highest BCUT2D eigenvalue weighted by Crippen LogP contribution is 2.22. The van der Waals surface area contributed by atoms with E-state index in [0.717, 1.165) is 19.7 Å². The van der Waals surface area contributed by atoms with Gasteiger partial charge in [0.25, 0.3) is 0 Å². The number of nitrogens with zero attached hydrogens (tertiary/aromatic N) is 1. The largest absolute Gasteiger partial charge is 0.395 e. The van der Waals surface area contributed by atoms with Crippen molar-refractivity contribution in [2.45, 2.75) is 19.4 Å². The molecule has 0 saturated carbocycles. The minimum Gasteiger partial charge on any atom is -0.395 e. The second-order valence-electron chi connectivity index (χ2n) is 3.54. The lowest BCUT2D eigenvalue weighted by molar-refractivity contribution is 0.102. The van der Waals surface area contributed by atoms with Crippen molar-refractivity contribution in [3.63, 3.8) is 0 Å². The van der Waals surface area contributed by atoms with Crippen molar-refractivity contribution in [2.24, 2.45) is 5.92 Å². The van der Waals surface area contributed by atoms with Gasteiger partial charge in [-0.2, -0.15) is 0 Å². The third-order valence-corrected chi connectivity index (χ3v) is 2.77. The molecule has 1 aliphatic rings. The number of likely N-dealkylation sites (tertiary alicyclic amines) is 1. The van der Waals surface area contributed by atoms with Crippen LogP contribution < -0.4 is 0 Å². The Morgan fingerprint density at radius 3 is 2.92 bits per heavy atom. The fourth-order valence-corrected chi connectivity index (χ4v) is 1.87. The van der Waals surface area contributed by atoms with Gasteiger partial charge in [-0.05, 0) is 18.9 Å². The summed E-state index contributed by atoms with van der Waals surface area (Å²) >= 11 is 0. The maximum Gasteiger partial charge on any atom is 0.0589 e. The Balaban J connectivity index is 2.32. The van der Waals surface area contributed by atoms with E-state index < -0.39 is 0 Å². The number of aliphatic hydroxyl groups is 1. The van der Waals surface area contributed by atoms with E-state index in [-0.39, 0.29) is 6.61 Å². The van der Waals surface area contributed by atoms with Gasteiger partial charge in [-0.1, -0.05) is 6.92 Å². The molecule has 1 saturated heterocycles. The van der Waals surface area contributed by atoms with Gasteiger partial charge in [-0.25, -0.2) is 0 Å². The zero-order valence-electron chi connectivity index (χ0n) is 7.99. The first-order valence-corrected chi connectivity index (χ1v) is 4.63. The molecule has 0 bridgehead atoms. The first-order chi connectivity index (χ1) is 5.79. The van der Waals surface area contributed by atoms with Crippen molar-refractivity contribution in [1.82, 2.24) is 4.90 Å². The maximum absolute atomic E-state index is 9.12. The van der Waals surface area contributed by atoms with Crippen molar-refractivity contribution in [3.05, 3.63) is 0 Å². The van der Waals surface area contributed by atoms with Gasteiger partial charge in [-0.3, -0.25) is 4.90 Å². The molecule has 72 valence electrons. The Labute approximate surface area is 74.3 Å². The molecule has 0 aliphatic carbocycles. The average molecular weight is 173 g/mol. The fourth-order valence-electron chi connectivity index (χ4n) is 1.87. The van der Waals surface area contributed by atoms with Crippen molar-refractivity contribution in [3.8, 4) is 0 Å². The quantitative estimate of drug-likeness (QED) is 0.665. The predicted molar refractivity (Wildman–Crippen MR) is 48.1 cm³/mol. The Morgan fingerprint density at radius 1 is 1.58 bits per heavy atom. The van der Waals surface area contributed by atoms with Gasteiger partial charge in [-0.15, -0.1) is 0 Å². The standard InChI is InChI=1S/C9H19NO2/c1-8-3-4-10(5-6-12-2)9(8)7-11/h8-9,11H,3-7H2,1-2H3. The van der Waals surface area contributed by atoms with Crippen molar-refractivity contribution in [2.75, 3.05) is 33.4 Å². The Morgan fingerprint density at radius 2 is 2.33 bits per heavy atom. The minimum absolute atomic E-state index is 0.283. The predicted octanol–water partition coefficient (Wildman–Crippen LogP) is 0.336. The van der Waals surface area contributed by atoms with Gasteiger partial charge in [0, 0.05) is 19.7 Å². The monoisotopic (exact) mass is 173 g/mol. The normalized spacial score (nSPS) is 31.2. The van der Waals surface area contributed by atoms with Gasteiger partial charge in [0.2, 0.25) is 0 Å². The first-order valence-electron chi connectivity index (χ1n) is 4.63. The van der Waals surface area contributed by atoms with Crippen LogP contribution in [0.5, 0.6) is 0 Å². The minimum atomic E-state index is 0.283. The highest BCUT2D eigenvalue weighted by Gasteiger charge is 2.29. The van der Waals surface area contributed by atoms with Gasteiger partial charge < -0.3 is 9.84 Å². The van der Waals surface area contributed by atoms with Gasteiger partial charge in [0.1, 0.15) is 0 Å². The summed E-state index contributed by atoms with van der Waals surface area (Å²) in [6, 6.07) is 0.361. The van der Waals surface area contributed by atoms with Crippen LogP contribution in [0.25, 0.3) is 0 Å². The maximum atomic E-state index is 9.12. The first kappa shape index (κ1) is 9.96. The van der Waals surface area contributed by atoms with Crippen molar-refractivity contribution in [1.29, 1.82) is 0 Å².